The molecule has 2 aromatic heterocycles. The Morgan fingerprint density at radius 1 is 0.857 bits per heavy atom. The van der Waals surface area contributed by atoms with Crippen LogP contribution >= 0.6 is 0 Å². The van der Waals surface area contributed by atoms with Gasteiger partial charge in [-0.05, 0) is 47.5 Å². The summed E-state index contributed by atoms with van der Waals surface area (Å²) in [6.45, 7) is 0.147. The average Bonchev–Trinajstić information content (AvgIpc) is 2.71. The lowest BCUT2D eigenvalue weighted by molar-refractivity contribution is 0.282. The zero-order valence-electron chi connectivity index (χ0n) is 15.3. The molecule has 0 fully saturated rings. The number of hydrogen-bond donors (Lipinski definition) is 1. The molecule has 0 atom stereocenters. The molecule has 0 unspecified atom stereocenters. The normalized spacial score (nSPS) is 11.2. The van der Waals surface area contributed by atoms with Gasteiger partial charge in [0.1, 0.15) is 0 Å². The Labute approximate surface area is 163 Å². The number of hydrogen-bond acceptors (Lipinski definition) is 6. The van der Waals surface area contributed by atoms with Crippen LogP contribution in [0.15, 0.2) is 73.1 Å². The Morgan fingerprint density at radius 2 is 1.39 bits per heavy atom. The first-order valence-corrected chi connectivity index (χ1v) is 10.4. The number of fused-ring (bicyclic) bond motifs is 2. The lowest BCUT2D eigenvalue weighted by Gasteiger charge is -2.03. The molecule has 0 aliphatic carbocycles. The van der Waals surface area contributed by atoms with Crippen molar-refractivity contribution in [2.75, 3.05) is 6.26 Å². The minimum absolute atomic E-state index is 0.0592. The molecule has 0 saturated carbocycles. The smallest absolute Gasteiger partial charge is 0.264 e. The molecule has 1 N–H and O–H groups in total. The number of benzene rings is 2. The van der Waals surface area contributed by atoms with E-state index in [4.69, 9.17) is 9.29 Å². The molecule has 0 radical (unpaired) electrons. The van der Waals surface area contributed by atoms with E-state index in [0.29, 0.717) is 0 Å². The number of aromatic nitrogens is 2. The summed E-state index contributed by atoms with van der Waals surface area (Å²) in [7, 11) is -3.39. The summed E-state index contributed by atoms with van der Waals surface area (Å²) in [5.41, 5.74) is 3.58. The van der Waals surface area contributed by atoms with Gasteiger partial charge in [-0.15, -0.1) is 0 Å². The lowest BCUT2D eigenvalue weighted by atomic mass is 10.1. The van der Waals surface area contributed by atoms with Crippen LogP contribution in [0.25, 0.3) is 21.8 Å². The summed E-state index contributed by atoms with van der Waals surface area (Å²) < 4.78 is 26.4. The Bertz CT molecular complexity index is 1190. The maximum Gasteiger partial charge on any atom is 0.264 e. The second-order valence-electron chi connectivity index (χ2n) is 6.19. The molecule has 0 amide bonds. The van der Waals surface area contributed by atoms with E-state index in [1.54, 1.807) is 18.5 Å². The van der Waals surface area contributed by atoms with Crippen molar-refractivity contribution in [2.45, 2.75) is 13.2 Å². The van der Waals surface area contributed by atoms with Gasteiger partial charge < -0.3 is 5.11 Å². The summed E-state index contributed by atoms with van der Waals surface area (Å²) in [6.07, 6.45) is 4.52. The van der Waals surface area contributed by atoms with E-state index in [2.05, 4.69) is 9.97 Å². The van der Waals surface area contributed by atoms with E-state index in [1.165, 1.54) is 0 Å². The Kier molecular flexibility index (Phi) is 6.30. The van der Waals surface area contributed by atoms with E-state index < -0.39 is 10.1 Å². The van der Waals surface area contributed by atoms with Gasteiger partial charge >= 0.3 is 0 Å². The summed E-state index contributed by atoms with van der Waals surface area (Å²) in [5.74, 6) is 0. The minimum Gasteiger partial charge on any atom is -0.392 e. The molecule has 0 saturated heterocycles. The highest BCUT2D eigenvalue weighted by Crippen LogP contribution is 2.14. The summed E-state index contributed by atoms with van der Waals surface area (Å²) in [6, 6.07) is 18.9. The Morgan fingerprint density at radius 3 is 1.93 bits per heavy atom. The monoisotopic (exact) mass is 396 g/mol. The van der Waals surface area contributed by atoms with E-state index in [0.717, 1.165) is 39.2 Å². The van der Waals surface area contributed by atoms with Gasteiger partial charge in [0.2, 0.25) is 0 Å². The van der Waals surface area contributed by atoms with Crippen LogP contribution in [0.3, 0.4) is 0 Å². The number of aliphatic hydroxyl groups is 1. The maximum absolute atomic E-state index is 10.8. The van der Waals surface area contributed by atoms with Gasteiger partial charge in [0.05, 0.1) is 30.5 Å². The van der Waals surface area contributed by atoms with Gasteiger partial charge in [0.25, 0.3) is 10.1 Å². The van der Waals surface area contributed by atoms with Gasteiger partial charge in [0.15, 0.2) is 0 Å². The summed E-state index contributed by atoms with van der Waals surface area (Å²) in [4.78, 5) is 8.35. The van der Waals surface area contributed by atoms with Gasteiger partial charge in [-0.3, -0.25) is 14.2 Å². The van der Waals surface area contributed by atoms with Crippen LogP contribution in [0.2, 0.25) is 0 Å². The van der Waals surface area contributed by atoms with Crippen LogP contribution in [0.4, 0.5) is 0 Å². The molecule has 2 heterocycles. The molecule has 0 spiro atoms. The summed E-state index contributed by atoms with van der Waals surface area (Å²) >= 11 is 0. The quantitative estimate of drug-likeness (QED) is 0.532. The molecule has 0 bridgehead atoms. The molecule has 7 heteroatoms. The number of nitrogens with zero attached hydrogens (tertiary/aromatic N) is 2. The van der Waals surface area contributed by atoms with Crippen molar-refractivity contribution in [1.29, 1.82) is 0 Å². The van der Waals surface area contributed by atoms with Crippen LogP contribution in [0.5, 0.6) is 0 Å². The predicted molar refractivity (Wildman–Crippen MR) is 109 cm³/mol. The van der Waals surface area contributed by atoms with Crippen LogP contribution in [0, 0.1) is 0 Å². The molecule has 28 heavy (non-hydrogen) atoms. The molecule has 144 valence electrons. The zero-order valence-corrected chi connectivity index (χ0v) is 16.1. The number of rotatable bonds is 4. The van der Waals surface area contributed by atoms with Crippen LogP contribution < -0.4 is 0 Å². The third-order valence-corrected chi connectivity index (χ3v) is 4.50. The highest BCUT2D eigenvalue weighted by atomic mass is 32.2. The van der Waals surface area contributed by atoms with Crippen molar-refractivity contribution in [3.8, 4) is 0 Å². The van der Waals surface area contributed by atoms with Gasteiger partial charge in [-0.1, -0.05) is 24.3 Å². The molecule has 0 aliphatic heterocycles. The van der Waals surface area contributed by atoms with Gasteiger partial charge in [-0.25, -0.2) is 0 Å². The van der Waals surface area contributed by atoms with Crippen molar-refractivity contribution in [3.63, 3.8) is 0 Å². The fourth-order valence-electron chi connectivity index (χ4n) is 2.61. The highest BCUT2D eigenvalue weighted by molar-refractivity contribution is 7.85. The number of aliphatic hydroxyl groups excluding tert-OH is 1. The van der Waals surface area contributed by atoms with E-state index in [9.17, 15) is 8.42 Å². The third kappa shape index (κ3) is 5.56. The molecule has 2 aromatic carbocycles. The number of pyridine rings is 2. The second kappa shape index (κ2) is 8.88. The first-order valence-electron chi connectivity index (χ1n) is 8.57. The van der Waals surface area contributed by atoms with Gasteiger partial charge in [-0.2, -0.15) is 8.42 Å². The molecule has 6 nitrogen and oxygen atoms in total. The molecule has 0 aliphatic rings. The van der Waals surface area contributed by atoms with Crippen molar-refractivity contribution in [1.82, 2.24) is 9.97 Å². The van der Waals surface area contributed by atoms with Crippen molar-refractivity contribution < 1.29 is 17.7 Å². The molecular formula is C21H20N2O4S. The van der Waals surface area contributed by atoms with Gasteiger partial charge in [0, 0.05) is 23.2 Å². The predicted octanol–water partition coefficient (Wildman–Crippen LogP) is 3.44. The minimum atomic E-state index is -3.39. The van der Waals surface area contributed by atoms with E-state index in [-0.39, 0.29) is 13.2 Å². The Hall–Kier alpha value is -2.87. The fourth-order valence-corrected chi connectivity index (χ4v) is 2.96. The second-order valence-corrected chi connectivity index (χ2v) is 7.83. The molecular weight excluding hydrogens is 376 g/mol. The van der Waals surface area contributed by atoms with Crippen molar-refractivity contribution in [2.24, 2.45) is 0 Å². The fraction of sp³-hybridized carbons (Fsp3) is 0.143. The first kappa shape index (κ1) is 19.9. The Balaban J connectivity index is 0.000000167. The average molecular weight is 396 g/mol. The van der Waals surface area contributed by atoms with E-state index in [1.807, 2.05) is 54.6 Å². The first-order chi connectivity index (χ1) is 13.4. The van der Waals surface area contributed by atoms with Crippen LogP contribution in [-0.2, 0) is 27.5 Å². The maximum atomic E-state index is 10.8. The molecule has 4 aromatic rings. The van der Waals surface area contributed by atoms with Crippen molar-refractivity contribution in [3.05, 3.63) is 84.2 Å². The van der Waals surface area contributed by atoms with Crippen LogP contribution in [0.1, 0.15) is 11.1 Å². The van der Waals surface area contributed by atoms with Crippen molar-refractivity contribution >= 4 is 31.9 Å². The largest absolute Gasteiger partial charge is 0.392 e. The zero-order chi connectivity index (χ0) is 20.0. The lowest BCUT2D eigenvalue weighted by Crippen LogP contribution is -2.02. The summed E-state index contributed by atoms with van der Waals surface area (Å²) in [5, 5.41) is 10.9. The topological polar surface area (TPSA) is 89.4 Å². The highest BCUT2D eigenvalue weighted by Gasteiger charge is 2.03. The standard InChI is InChI=1S/C11H11NO3S.C10H9NO/c1-16(13,14)15-8-9-4-5-11-10(7-9)3-2-6-12-11;12-7-8-3-4-10-9(6-8)2-1-5-11-10/h2-7H,8H2,1H3;1-6,12H,7H2. The van der Waals surface area contributed by atoms with E-state index >= 15 is 0 Å². The third-order valence-electron chi connectivity index (χ3n) is 3.96. The van der Waals surface area contributed by atoms with Crippen LogP contribution in [-0.4, -0.2) is 29.7 Å². The SMILES string of the molecule is CS(=O)(=O)OCc1ccc2ncccc2c1.OCc1ccc2ncccc2c1. The molecule has 4 rings (SSSR count).